The zero-order chi connectivity index (χ0) is 12.3. The quantitative estimate of drug-likeness (QED) is 0.795. The van der Waals surface area contributed by atoms with E-state index in [1.807, 2.05) is 0 Å². The van der Waals surface area contributed by atoms with E-state index in [2.05, 4.69) is 10.2 Å². The van der Waals surface area contributed by atoms with Crippen molar-refractivity contribution in [3.63, 3.8) is 0 Å². The third-order valence-electron chi connectivity index (χ3n) is 2.15. The van der Waals surface area contributed by atoms with Gasteiger partial charge in [0.05, 0.1) is 0 Å². The SMILES string of the molecule is Fc1ccc(-c2nnc(CCCCl)s2)c(F)c1. The highest BCUT2D eigenvalue weighted by atomic mass is 35.5. The number of aromatic nitrogens is 2. The predicted molar refractivity (Wildman–Crippen MR) is 64.3 cm³/mol. The Hall–Kier alpha value is -1.07. The summed E-state index contributed by atoms with van der Waals surface area (Å²) in [5.41, 5.74) is 0.279. The lowest BCUT2D eigenvalue weighted by atomic mass is 10.2. The second-order valence-electron chi connectivity index (χ2n) is 3.42. The lowest BCUT2D eigenvalue weighted by molar-refractivity contribution is 0.585. The summed E-state index contributed by atoms with van der Waals surface area (Å²) in [5.74, 6) is -0.664. The van der Waals surface area contributed by atoms with Crippen LogP contribution in [0.5, 0.6) is 0 Å². The maximum absolute atomic E-state index is 13.5. The van der Waals surface area contributed by atoms with Crippen LogP contribution < -0.4 is 0 Å². The highest BCUT2D eigenvalue weighted by molar-refractivity contribution is 7.14. The molecular weight excluding hydrogens is 266 g/mol. The summed E-state index contributed by atoms with van der Waals surface area (Å²) in [4.78, 5) is 0. The van der Waals surface area contributed by atoms with E-state index in [4.69, 9.17) is 11.6 Å². The lowest BCUT2D eigenvalue weighted by Gasteiger charge is -1.97. The zero-order valence-electron chi connectivity index (χ0n) is 8.79. The van der Waals surface area contributed by atoms with E-state index in [-0.39, 0.29) is 5.56 Å². The Morgan fingerprint density at radius 1 is 1.24 bits per heavy atom. The van der Waals surface area contributed by atoms with Crippen LogP contribution in [0.15, 0.2) is 18.2 Å². The van der Waals surface area contributed by atoms with Gasteiger partial charge in [0.15, 0.2) is 5.01 Å². The van der Waals surface area contributed by atoms with Crippen molar-refractivity contribution in [2.75, 3.05) is 5.88 Å². The van der Waals surface area contributed by atoms with Gasteiger partial charge < -0.3 is 0 Å². The smallest absolute Gasteiger partial charge is 0.150 e. The maximum atomic E-state index is 13.5. The van der Waals surface area contributed by atoms with Gasteiger partial charge in [0.25, 0.3) is 0 Å². The van der Waals surface area contributed by atoms with Crippen LogP contribution in [-0.4, -0.2) is 16.1 Å². The van der Waals surface area contributed by atoms with Crippen molar-refractivity contribution in [3.8, 4) is 10.6 Å². The Labute approximate surface area is 106 Å². The van der Waals surface area contributed by atoms with Gasteiger partial charge in [-0.25, -0.2) is 8.78 Å². The molecule has 0 saturated heterocycles. The molecule has 0 aliphatic heterocycles. The van der Waals surface area contributed by atoms with Crippen LogP contribution in [0.4, 0.5) is 8.78 Å². The summed E-state index contributed by atoms with van der Waals surface area (Å²) < 4.78 is 26.2. The van der Waals surface area contributed by atoms with Crippen molar-refractivity contribution < 1.29 is 8.78 Å². The molecule has 0 radical (unpaired) electrons. The van der Waals surface area contributed by atoms with E-state index in [0.29, 0.717) is 10.9 Å². The van der Waals surface area contributed by atoms with Crippen LogP contribution in [0.2, 0.25) is 0 Å². The van der Waals surface area contributed by atoms with Crippen LogP contribution >= 0.6 is 22.9 Å². The normalized spacial score (nSPS) is 10.8. The monoisotopic (exact) mass is 274 g/mol. The summed E-state index contributed by atoms with van der Waals surface area (Å²) in [6, 6.07) is 3.42. The summed E-state index contributed by atoms with van der Waals surface area (Å²) in [7, 11) is 0. The van der Waals surface area contributed by atoms with Crippen molar-refractivity contribution in [2.24, 2.45) is 0 Å². The van der Waals surface area contributed by atoms with Crippen molar-refractivity contribution >= 4 is 22.9 Å². The zero-order valence-corrected chi connectivity index (χ0v) is 10.4. The first kappa shape index (κ1) is 12.4. The molecule has 6 heteroatoms. The highest BCUT2D eigenvalue weighted by Gasteiger charge is 2.11. The topological polar surface area (TPSA) is 25.8 Å². The first-order valence-electron chi connectivity index (χ1n) is 5.04. The highest BCUT2D eigenvalue weighted by Crippen LogP contribution is 2.27. The number of hydrogen-bond acceptors (Lipinski definition) is 3. The summed E-state index contributed by atoms with van der Waals surface area (Å²) >= 11 is 6.88. The fourth-order valence-electron chi connectivity index (χ4n) is 1.34. The molecule has 2 aromatic rings. The van der Waals surface area contributed by atoms with Crippen LogP contribution in [0.3, 0.4) is 0 Å². The second-order valence-corrected chi connectivity index (χ2v) is 4.86. The number of nitrogens with zero attached hydrogens (tertiary/aromatic N) is 2. The molecule has 0 amide bonds. The Bertz CT molecular complexity index is 516. The van der Waals surface area contributed by atoms with Crippen LogP contribution in [0, 0.1) is 11.6 Å². The average molecular weight is 275 g/mol. The summed E-state index contributed by atoms with van der Waals surface area (Å²) in [6.45, 7) is 0. The molecule has 1 aromatic heterocycles. The number of halogens is 3. The molecule has 0 unspecified atom stereocenters. The molecular formula is C11H9ClF2N2S. The fourth-order valence-corrected chi connectivity index (χ4v) is 2.39. The Balaban J connectivity index is 2.24. The Morgan fingerprint density at radius 3 is 2.76 bits per heavy atom. The molecule has 0 bridgehead atoms. The van der Waals surface area contributed by atoms with Crippen LogP contribution in [0.25, 0.3) is 10.6 Å². The lowest BCUT2D eigenvalue weighted by Crippen LogP contribution is -1.85. The van der Waals surface area contributed by atoms with E-state index in [1.54, 1.807) is 0 Å². The van der Waals surface area contributed by atoms with Gasteiger partial charge in [0, 0.05) is 23.9 Å². The van der Waals surface area contributed by atoms with Crippen LogP contribution in [0.1, 0.15) is 11.4 Å². The van der Waals surface area contributed by atoms with E-state index in [9.17, 15) is 8.78 Å². The van der Waals surface area contributed by atoms with E-state index < -0.39 is 11.6 Å². The first-order valence-corrected chi connectivity index (χ1v) is 6.39. The minimum Gasteiger partial charge on any atom is -0.207 e. The summed E-state index contributed by atoms with van der Waals surface area (Å²) in [6.07, 6.45) is 1.53. The number of benzene rings is 1. The molecule has 0 aliphatic rings. The van der Waals surface area contributed by atoms with Gasteiger partial charge >= 0.3 is 0 Å². The minimum atomic E-state index is -0.620. The molecule has 2 rings (SSSR count). The van der Waals surface area contributed by atoms with E-state index in [0.717, 1.165) is 23.9 Å². The Kier molecular flexibility index (Phi) is 4.02. The van der Waals surface area contributed by atoms with Gasteiger partial charge in [-0.15, -0.1) is 21.8 Å². The van der Waals surface area contributed by atoms with Crippen LogP contribution in [-0.2, 0) is 6.42 Å². The standard InChI is InChI=1S/C11H9ClF2N2S/c12-5-1-2-10-15-16-11(17-10)8-4-3-7(13)6-9(8)14/h3-4,6H,1-2,5H2. The van der Waals surface area contributed by atoms with Crippen molar-refractivity contribution in [1.29, 1.82) is 0 Å². The number of alkyl halides is 1. The molecule has 2 nitrogen and oxygen atoms in total. The van der Waals surface area contributed by atoms with E-state index in [1.165, 1.54) is 23.5 Å². The molecule has 90 valence electrons. The van der Waals surface area contributed by atoms with Gasteiger partial charge in [-0.2, -0.15) is 0 Å². The molecule has 0 atom stereocenters. The minimum absolute atomic E-state index is 0.279. The number of hydrogen-bond donors (Lipinski definition) is 0. The molecule has 0 aliphatic carbocycles. The van der Waals surface area contributed by atoms with Gasteiger partial charge in [-0.05, 0) is 18.6 Å². The fraction of sp³-hybridized carbons (Fsp3) is 0.273. The van der Waals surface area contributed by atoms with Crippen molar-refractivity contribution in [3.05, 3.63) is 34.8 Å². The molecule has 0 spiro atoms. The molecule has 0 fully saturated rings. The molecule has 1 aromatic carbocycles. The molecule has 1 heterocycles. The van der Waals surface area contributed by atoms with Crippen molar-refractivity contribution in [1.82, 2.24) is 10.2 Å². The first-order chi connectivity index (χ1) is 8.20. The summed E-state index contributed by atoms with van der Waals surface area (Å²) in [5, 5.41) is 9.11. The van der Waals surface area contributed by atoms with Gasteiger partial charge in [-0.3, -0.25) is 0 Å². The largest absolute Gasteiger partial charge is 0.207 e. The second kappa shape index (κ2) is 5.51. The third kappa shape index (κ3) is 2.98. The Morgan fingerprint density at radius 2 is 2.06 bits per heavy atom. The molecule has 17 heavy (non-hydrogen) atoms. The third-order valence-corrected chi connectivity index (χ3v) is 3.44. The van der Waals surface area contributed by atoms with Crippen molar-refractivity contribution in [2.45, 2.75) is 12.8 Å². The van der Waals surface area contributed by atoms with Gasteiger partial charge in [0.2, 0.25) is 0 Å². The van der Waals surface area contributed by atoms with Gasteiger partial charge in [-0.1, -0.05) is 11.3 Å². The predicted octanol–water partition coefficient (Wildman–Crippen LogP) is 3.65. The van der Waals surface area contributed by atoms with Gasteiger partial charge in [0.1, 0.15) is 16.6 Å². The number of rotatable bonds is 4. The maximum Gasteiger partial charge on any atom is 0.150 e. The van der Waals surface area contributed by atoms with E-state index >= 15 is 0 Å². The molecule has 0 N–H and O–H groups in total. The average Bonchev–Trinajstić information content (AvgIpc) is 2.75. The number of aryl methyl sites for hydroxylation is 1. The molecule has 0 saturated carbocycles.